The van der Waals surface area contributed by atoms with Gasteiger partial charge < -0.3 is 14.4 Å². The van der Waals surface area contributed by atoms with Crippen LogP contribution in [0.3, 0.4) is 0 Å². The minimum absolute atomic E-state index is 0.0595. The topological polar surface area (TPSA) is 50.8 Å². The predicted molar refractivity (Wildman–Crippen MR) is 116 cm³/mol. The van der Waals surface area contributed by atoms with Gasteiger partial charge in [-0.15, -0.1) is 11.3 Å². The van der Waals surface area contributed by atoms with E-state index in [9.17, 15) is 9.18 Å². The number of urea groups is 1. The number of benzene rings is 2. The number of carbonyl (C=O) groups excluding carboxylic acids is 1. The molecular weight excluding hydrogens is 403 g/mol. The molecule has 5 nitrogen and oxygen atoms in total. The number of likely N-dealkylation sites (tertiary alicyclic amines) is 1. The minimum atomic E-state index is -0.269. The van der Waals surface area contributed by atoms with Crippen molar-refractivity contribution in [2.75, 3.05) is 18.4 Å². The second-order valence-electron chi connectivity index (χ2n) is 7.10. The lowest BCUT2D eigenvalue weighted by Crippen LogP contribution is -2.43. The molecule has 0 atom stereocenters. The Balaban J connectivity index is 1.22. The summed E-state index contributed by atoms with van der Waals surface area (Å²) in [4.78, 5) is 14.1. The zero-order valence-corrected chi connectivity index (χ0v) is 17.2. The first-order chi connectivity index (χ1) is 14.7. The van der Waals surface area contributed by atoms with E-state index in [2.05, 4.69) is 5.32 Å². The standard InChI is InChI=1S/C23H23FN2O3S/c24-18-4-1-3-17(15-18)16-28-19-6-8-20(9-7-19)29-21-10-12-26(13-11-21)23(27)25-22-5-2-14-30-22/h1-9,14-15,21H,10-13,16H2,(H,25,27). The summed E-state index contributed by atoms with van der Waals surface area (Å²) in [6, 6.07) is 17.6. The van der Waals surface area contributed by atoms with Gasteiger partial charge in [0.2, 0.25) is 0 Å². The molecule has 0 unspecified atom stereocenters. The summed E-state index contributed by atoms with van der Waals surface area (Å²) >= 11 is 1.51. The van der Waals surface area contributed by atoms with E-state index in [1.165, 1.54) is 23.5 Å². The molecule has 1 aromatic heterocycles. The van der Waals surface area contributed by atoms with Gasteiger partial charge in [0.05, 0.1) is 5.00 Å². The molecule has 0 spiro atoms. The summed E-state index contributed by atoms with van der Waals surface area (Å²) in [5, 5.41) is 5.72. The van der Waals surface area contributed by atoms with Gasteiger partial charge in [0.15, 0.2) is 0 Å². The zero-order chi connectivity index (χ0) is 20.8. The monoisotopic (exact) mass is 426 g/mol. The second kappa shape index (κ2) is 9.63. The SMILES string of the molecule is O=C(Nc1cccs1)N1CCC(Oc2ccc(OCc3cccc(F)c3)cc2)CC1. The molecule has 2 heterocycles. The molecule has 0 saturated carbocycles. The molecule has 3 aromatic rings. The van der Waals surface area contributed by atoms with Crippen LogP contribution in [-0.2, 0) is 6.61 Å². The van der Waals surface area contributed by atoms with Gasteiger partial charge in [-0.2, -0.15) is 0 Å². The largest absolute Gasteiger partial charge is 0.490 e. The van der Waals surface area contributed by atoms with Crippen LogP contribution in [0.5, 0.6) is 11.5 Å². The average molecular weight is 427 g/mol. The van der Waals surface area contributed by atoms with Gasteiger partial charge in [0, 0.05) is 25.9 Å². The number of thiophene rings is 1. The lowest BCUT2D eigenvalue weighted by atomic mass is 10.1. The molecule has 4 rings (SSSR count). The summed E-state index contributed by atoms with van der Waals surface area (Å²) in [7, 11) is 0. The number of anilines is 1. The van der Waals surface area contributed by atoms with E-state index >= 15 is 0 Å². The molecule has 30 heavy (non-hydrogen) atoms. The van der Waals surface area contributed by atoms with Crippen LogP contribution in [0, 0.1) is 5.82 Å². The first-order valence-corrected chi connectivity index (χ1v) is 10.8. The molecule has 2 amide bonds. The number of hydrogen-bond donors (Lipinski definition) is 1. The number of hydrogen-bond acceptors (Lipinski definition) is 4. The van der Waals surface area contributed by atoms with Crippen LogP contribution in [0.1, 0.15) is 18.4 Å². The van der Waals surface area contributed by atoms with E-state index in [0.29, 0.717) is 25.4 Å². The van der Waals surface area contributed by atoms with Crippen LogP contribution in [-0.4, -0.2) is 30.1 Å². The van der Waals surface area contributed by atoms with Crippen molar-refractivity contribution in [3.8, 4) is 11.5 Å². The Morgan fingerprint density at radius 2 is 1.83 bits per heavy atom. The number of nitrogens with one attached hydrogen (secondary N) is 1. The summed E-state index contributed by atoms with van der Waals surface area (Å²) in [6.45, 7) is 1.64. The Morgan fingerprint density at radius 1 is 1.07 bits per heavy atom. The van der Waals surface area contributed by atoms with Crippen LogP contribution in [0.25, 0.3) is 0 Å². The predicted octanol–water partition coefficient (Wildman–Crippen LogP) is 5.54. The fraction of sp³-hybridized carbons (Fsp3) is 0.261. The highest BCUT2D eigenvalue weighted by atomic mass is 32.1. The quantitative estimate of drug-likeness (QED) is 0.563. The molecule has 1 aliphatic heterocycles. The number of carbonyl (C=O) groups is 1. The first-order valence-electron chi connectivity index (χ1n) is 9.89. The van der Waals surface area contributed by atoms with Gasteiger partial charge in [-0.05, 0) is 59.5 Å². The third-order valence-corrected chi connectivity index (χ3v) is 5.69. The number of rotatable bonds is 6. The van der Waals surface area contributed by atoms with Crippen LogP contribution in [0.4, 0.5) is 14.2 Å². The molecule has 1 saturated heterocycles. The molecule has 0 bridgehead atoms. The van der Waals surface area contributed by atoms with Gasteiger partial charge in [0.25, 0.3) is 0 Å². The van der Waals surface area contributed by atoms with E-state index in [-0.39, 0.29) is 18.0 Å². The van der Waals surface area contributed by atoms with Crippen LogP contribution < -0.4 is 14.8 Å². The maximum absolute atomic E-state index is 13.2. The van der Waals surface area contributed by atoms with Crippen LogP contribution in [0.15, 0.2) is 66.0 Å². The smallest absolute Gasteiger partial charge is 0.322 e. The van der Waals surface area contributed by atoms with Crippen molar-refractivity contribution in [1.29, 1.82) is 0 Å². The van der Waals surface area contributed by atoms with Crippen molar-refractivity contribution >= 4 is 22.4 Å². The van der Waals surface area contributed by atoms with Crippen molar-refractivity contribution in [3.63, 3.8) is 0 Å². The third kappa shape index (κ3) is 5.51. The number of amides is 2. The van der Waals surface area contributed by atoms with Gasteiger partial charge in [-0.25, -0.2) is 9.18 Å². The Morgan fingerprint density at radius 3 is 2.53 bits per heavy atom. The van der Waals surface area contributed by atoms with Gasteiger partial charge in [-0.3, -0.25) is 5.32 Å². The molecule has 0 aliphatic carbocycles. The van der Waals surface area contributed by atoms with E-state index in [1.54, 1.807) is 6.07 Å². The maximum Gasteiger partial charge on any atom is 0.322 e. The number of halogens is 1. The summed E-state index contributed by atoms with van der Waals surface area (Å²) in [6.07, 6.45) is 1.65. The number of nitrogens with zero attached hydrogens (tertiary/aromatic N) is 1. The van der Waals surface area contributed by atoms with E-state index < -0.39 is 0 Å². The lowest BCUT2D eigenvalue weighted by molar-refractivity contribution is 0.115. The molecule has 156 valence electrons. The zero-order valence-electron chi connectivity index (χ0n) is 16.4. The Kier molecular flexibility index (Phi) is 6.49. The summed E-state index contributed by atoms with van der Waals surface area (Å²) in [5.74, 6) is 1.20. The highest BCUT2D eigenvalue weighted by molar-refractivity contribution is 7.14. The van der Waals surface area contributed by atoms with E-state index in [4.69, 9.17) is 9.47 Å². The third-order valence-electron chi connectivity index (χ3n) is 4.90. The highest BCUT2D eigenvalue weighted by Crippen LogP contribution is 2.23. The fourth-order valence-electron chi connectivity index (χ4n) is 3.31. The number of piperidine rings is 1. The molecule has 2 aromatic carbocycles. The normalized spacial score (nSPS) is 14.4. The maximum atomic E-state index is 13.2. The van der Waals surface area contributed by atoms with Gasteiger partial charge >= 0.3 is 6.03 Å². The second-order valence-corrected chi connectivity index (χ2v) is 8.05. The average Bonchev–Trinajstić information content (AvgIpc) is 3.27. The molecule has 7 heteroatoms. The Hall–Kier alpha value is -3.06. The molecule has 1 aliphatic rings. The minimum Gasteiger partial charge on any atom is -0.490 e. The summed E-state index contributed by atoms with van der Waals surface area (Å²) < 4.78 is 25.0. The molecule has 1 N–H and O–H groups in total. The van der Waals surface area contributed by atoms with Gasteiger partial charge in [0.1, 0.15) is 30.0 Å². The number of ether oxygens (including phenoxy) is 2. The van der Waals surface area contributed by atoms with Crippen molar-refractivity contribution in [3.05, 3.63) is 77.4 Å². The van der Waals surface area contributed by atoms with Crippen molar-refractivity contribution in [2.45, 2.75) is 25.6 Å². The van der Waals surface area contributed by atoms with Crippen molar-refractivity contribution in [1.82, 2.24) is 4.90 Å². The van der Waals surface area contributed by atoms with Crippen molar-refractivity contribution < 1.29 is 18.7 Å². The van der Waals surface area contributed by atoms with E-state index in [1.807, 2.05) is 52.7 Å². The molecule has 0 radical (unpaired) electrons. The van der Waals surface area contributed by atoms with Crippen LogP contribution in [0.2, 0.25) is 0 Å². The molecular formula is C23H23FN2O3S. The molecule has 1 fully saturated rings. The van der Waals surface area contributed by atoms with Gasteiger partial charge in [-0.1, -0.05) is 12.1 Å². The highest BCUT2D eigenvalue weighted by Gasteiger charge is 2.24. The van der Waals surface area contributed by atoms with E-state index in [0.717, 1.165) is 29.2 Å². The first kappa shape index (κ1) is 20.2. The van der Waals surface area contributed by atoms with Crippen LogP contribution >= 0.6 is 11.3 Å². The Labute approximate surface area is 179 Å². The van der Waals surface area contributed by atoms with Crippen molar-refractivity contribution in [2.24, 2.45) is 0 Å². The Bertz CT molecular complexity index is 955. The fourth-order valence-corrected chi connectivity index (χ4v) is 3.92. The lowest BCUT2D eigenvalue weighted by Gasteiger charge is -2.32. The summed E-state index contributed by atoms with van der Waals surface area (Å²) in [5.41, 5.74) is 0.783.